The zero-order valence-electron chi connectivity index (χ0n) is 7.96. The minimum absolute atomic E-state index is 0.662. The number of nitrogens with two attached hydrogens (primary N) is 2. The molecule has 72 valence electrons. The van der Waals surface area contributed by atoms with Crippen LogP contribution in [-0.4, -0.2) is 6.04 Å². The molecule has 5 N–H and O–H groups in total. The fraction of sp³-hybridized carbons (Fsp3) is 0.400. The average Bonchev–Trinajstić information content (AvgIpc) is 2.94. The molecule has 0 aliphatic heterocycles. The molecule has 0 bridgehead atoms. The molecular weight excluding hydrogens is 162 g/mol. The molecule has 1 fully saturated rings. The van der Waals surface area contributed by atoms with Crippen LogP contribution < -0.4 is 17.0 Å². The number of hydrogen-bond donors (Lipinski definition) is 3. The van der Waals surface area contributed by atoms with Gasteiger partial charge in [-0.2, -0.15) is 0 Å². The van der Waals surface area contributed by atoms with Gasteiger partial charge in [0.1, 0.15) is 0 Å². The van der Waals surface area contributed by atoms with Crippen LogP contribution in [0.25, 0.3) is 0 Å². The van der Waals surface area contributed by atoms with E-state index in [9.17, 15) is 0 Å². The predicted molar refractivity (Wildman–Crippen MR) is 55.9 cm³/mol. The standard InChI is InChI=1S/C7H9N.C3H8N2/c1-6-4-2-3-5-7(6)8;4-5-3-1-2-3/h2-5H,8H2,1H3;3,5H,1-2,4H2. The Morgan fingerprint density at radius 1 is 1.31 bits per heavy atom. The van der Waals surface area contributed by atoms with Crippen LogP contribution in [0.15, 0.2) is 24.3 Å². The Bertz CT molecular complexity index is 235. The van der Waals surface area contributed by atoms with Gasteiger partial charge in [-0.3, -0.25) is 11.3 Å². The molecule has 0 heterocycles. The van der Waals surface area contributed by atoms with Gasteiger partial charge in [-0.15, -0.1) is 0 Å². The smallest absolute Gasteiger partial charge is 0.0343 e. The summed E-state index contributed by atoms with van der Waals surface area (Å²) in [6.07, 6.45) is 2.55. The quantitative estimate of drug-likeness (QED) is 0.345. The Labute approximate surface area is 79.1 Å². The topological polar surface area (TPSA) is 64.1 Å². The molecule has 2 rings (SSSR count). The van der Waals surface area contributed by atoms with E-state index >= 15 is 0 Å². The van der Waals surface area contributed by atoms with E-state index in [1.165, 1.54) is 12.8 Å². The van der Waals surface area contributed by atoms with Gasteiger partial charge in [0.15, 0.2) is 0 Å². The van der Waals surface area contributed by atoms with Crippen LogP contribution in [0.5, 0.6) is 0 Å². The van der Waals surface area contributed by atoms with Crippen LogP contribution >= 0.6 is 0 Å². The summed E-state index contributed by atoms with van der Waals surface area (Å²) in [6, 6.07) is 8.47. The molecule has 1 aromatic rings. The maximum Gasteiger partial charge on any atom is 0.0343 e. The molecule has 1 aliphatic rings. The summed E-state index contributed by atoms with van der Waals surface area (Å²) in [5.41, 5.74) is 10.2. The molecule has 0 radical (unpaired) electrons. The van der Waals surface area contributed by atoms with Crippen molar-refractivity contribution in [3.63, 3.8) is 0 Å². The Balaban J connectivity index is 0.000000145. The number of hydrogen-bond acceptors (Lipinski definition) is 3. The average molecular weight is 179 g/mol. The van der Waals surface area contributed by atoms with E-state index in [-0.39, 0.29) is 0 Å². The lowest BCUT2D eigenvalue weighted by Gasteiger charge is -1.93. The van der Waals surface area contributed by atoms with E-state index in [1.54, 1.807) is 0 Å². The van der Waals surface area contributed by atoms with Gasteiger partial charge >= 0.3 is 0 Å². The molecule has 3 nitrogen and oxygen atoms in total. The maximum absolute atomic E-state index is 5.52. The van der Waals surface area contributed by atoms with Crippen LogP contribution in [0.2, 0.25) is 0 Å². The van der Waals surface area contributed by atoms with Gasteiger partial charge in [-0.05, 0) is 31.4 Å². The highest BCUT2D eigenvalue weighted by Gasteiger charge is 2.17. The zero-order chi connectivity index (χ0) is 9.68. The summed E-state index contributed by atoms with van der Waals surface area (Å²) in [5, 5.41) is 0. The van der Waals surface area contributed by atoms with Gasteiger partial charge in [0.05, 0.1) is 0 Å². The SMILES string of the molecule is Cc1ccccc1N.NNC1CC1. The van der Waals surface area contributed by atoms with Gasteiger partial charge in [-0.1, -0.05) is 18.2 Å². The number of aryl methyl sites for hydroxylation is 1. The van der Waals surface area contributed by atoms with Crippen molar-refractivity contribution in [1.82, 2.24) is 5.43 Å². The highest BCUT2D eigenvalue weighted by Crippen LogP contribution is 2.16. The maximum atomic E-state index is 5.52. The number of rotatable bonds is 1. The molecule has 13 heavy (non-hydrogen) atoms. The summed E-state index contributed by atoms with van der Waals surface area (Å²) < 4.78 is 0. The lowest BCUT2D eigenvalue weighted by molar-refractivity contribution is 0.735. The Kier molecular flexibility index (Phi) is 3.73. The van der Waals surface area contributed by atoms with E-state index in [4.69, 9.17) is 11.6 Å². The van der Waals surface area contributed by atoms with Crippen LogP contribution in [0.1, 0.15) is 18.4 Å². The summed E-state index contributed by atoms with van der Waals surface area (Å²) in [4.78, 5) is 0. The van der Waals surface area contributed by atoms with Gasteiger partial charge in [-0.25, -0.2) is 0 Å². The number of anilines is 1. The molecule has 1 saturated carbocycles. The van der Waals surface area contributed by atoms with E-state index in [2.05, 4.69) is 5.43 Å². The molecule has 0 amide bonds. The van der Waals surface area contributed by atoms with Crippen molar-refractivity contribution in [2.75, 3.05) is 5.73 Å². The largest absolute Gasteiger partial charge is 0.399 e. The molecule has 0 spiro atoms. The first-order valence-corrected chi connectivity index (χ1v) is 4.51. The van der Waals surface area contributed by atoms with Gasteiger partial charge in [0.2, 0.25) is 0 Å². The monoisotopic (exact) mass is 179 g/mol. The second-order valence-corrected chi connectivity index (χ2v) is 3.30. The molecule has 0 atom stereocenters. The molecule has 0 aromatic heterocycles. The molecule has 3 heteroatoms. The second kappa shape index (κ2) is 4.84. The van der Waals surface area contributed by atoms with Crippen molar-refractivity contribution in [3.05, 3.63) is 29.8 Å². The summed E-state index contributed by atoms with van der Waals surface area (Å²) >= 11 is 0. The number of benzene rings is 1. The van der Waals surface area contributed by atoms with Crippen molar-refractivity contribution in [3.8, 4) is 0 Å². The van der Waals surface area contributed by atoms with Crippen LogP contribution in [-0.2, 0) is 0 Å². The van der Waals surface area contributed by atoms with Crippen molar-refractivity contribution in [2.45, 2.75) is 25.8 Å². The first kappa shape index (κ1) is 10.0. The van der Waals surface area contributed by atoms with Crippen LogP contribution in [0.4, 0.5) is 5.69 Å². The molecule has 1 aromatic carbocycles. The Hall–Kier alpha value is -1.06. The fourth-order valence-corrected chi connectivity index (χ4v) is 0.837. The molecular formula is C10H17N3. The molecule has 1 aliphatic carbocycles. The third-order valence-corrected chi connectivity index (χ3v) is 2.00. The Morgan fingerprint density at radius 3 is 2.15 bits per heavy atom. The lowest BCUT2D eigenvalue weighted by atomic mass is 10.2. The lowest BCUT2D eigenvalue weighted by Crippen LogP contribution is -2.23. The first-order valence-electron chi connectivity index (χ1n) is 4.51. The second-order valence-electron chi connectivity index (χ2n) is 3.30. The van der Waals surface area contributed by atoms with E-state index in [0.29, 0.717) is 6.04 Å². The van der Waals surface area contributed by atoms with Crippen molar-refractivity contribution >= 4 is 5.69 Å². The van der Waals surface area contributed by atoms with Gasteiger partial charge < -0.3 is 5.73 Å². The van der Waals surface area contributed by atoms with Crippen LogP contribution in [0.3, 0.4) is 0 Å². The van der Waals surface area contributed by atoms with E-state index in [1.807, 2.05) is 31.2 Å². The Morgan fingerprint density at radius 2 is 1.92 bits per heavy atom. The zero-order valence-corrected chi connectivity index (χ0v) is 7.96. The van der Waals surface area contributed by atoms with Crippen molar-refractivity contribution in [1.29, 1.82) is 0 Å². The third kappa shape index (κ3) is 3.92. The van der Waals surface area contributed by atoms with Gasteiger partial charge in [0.25, 0.3) is 0 Å². The minimum Gasteiger partial charge on any atom is -0.399 e. The highest BCUT2D eigenvalue weighted by molar-refractivity contribution is 5.44. The number of nitrogens with one attached hydrogen (secondary N) is 1. The fourth-order valence-electron chi connectivity index (χ4n) is 0.837. The number of hydrazine groups is 1. The van der Waals surface area contributed by atoms with E-state index in [0.717, 1.165) is 11.3 Å². The van der Waals surface area contributed by atoms with E-state index < -0.39 is 0 Å². The summed E-state index contributed by atoms with van der Waals surface area (Å²) in [6.45, 7) is 2.00. The van der Waals surface area contributed by atoms with Crippen molar-refractivity contribution < 1.29 is 0 Å². The molecule has 0 unspecified atom stereocenters. The van der Waals surface area contributed by atoms with Crippen molar-refractivity contribution in [2.24, 2.45) is 5.84 Å². The minimum atomic E-state index is 0.662. The van der Waals surface area contributed by atoms with Crippen LogP contribution in [0, 0.1) is 6.92 Å². The normalized spacial score (nSPS) is 14.6. The number of para-hydroxylation sites is 1. The highest BCUT2D eigenvalue weighted by atomic mass is 15.2. The first-order chi connectivity index (χ1) is 6.24. The number of nitrogen functional groups attached to an aromatic ring is 1. The third-order valence-electron chi connectivity index (χ3n) is 2.00. The summed E-state index contributed by atoms with van der Waals surface area (Å²) in [7, 11) is 0. The van der Waals surface area contributed by atoms with Gasteiger partial charge in [0, 0.05) is 11.7 Å². The summed E-state index contributed by atoms with van der Waals surface area (Å²) in [5.74, 6) is 4.98. The molecule has 0 saturated heterocycles. The predicted octanol–water partition coefficient (Wildman–Crippen LogP) is 1.19.